The summed E-state index contributed by atoms with van der Waals surface area (Å²) in [5, 5.41) is 0. The van der Waals surface area contributed by atoms with E-state index < -0.39 is 11.3 Å². The van der Waals surface area contributed by atoms with Gasteiger partial charge in [-0.1, -0.05) is 6.07 Å². The lowest BCUT2D eigenvalue weighted by Gasteiger charge is -2.43. The van der Waals surface area contributed by atoms with Crippen LogP contribution in [0.5, 0.6) is 5.88 Å². The van der Waals surface area contributed by atoms with E-state index >= 15 is 0 Å². The predicted molar refractivity (Wildman–Crippen MR) is 84.9 cm³/mol. The number of pyridine rings is 1. The van der Waals surface area contributed by atoms with Crippen LogP contribution in [0.2, 0.25) is 0 Å². The van der Waals surface area contributed by atoms with Crippen LogP contribution in [0.25, 0.3) is 0 Å². The molecule has 2 fully saturated rings. The normalized spacial score (nSPS) is 27.0. The fourth-order valence-corrected chi connectivity index (χ4v) is 4.00. The van der Waals surface area contributed by atoms with Crippen LogP contribution in [-0.2, 0) is 11.3 Å². The Morgan fingerprint density at radius 3 is 2.83 bits per heavy atom. The van der Waals surface area contributed by atoms with Gasteiger partial charge in [0.15, 0.2) is 0 Å². The molecule has 0 bridgehead atoms. The monoisotopic (exact) mass is 339 g/mol. The van der Waals surface area contributed by atoms with Crippen molar-refractivity contribution in [2.24, 2.45) is 5.41 Å². The van der Waals surface area contributed by atoms with Crippen molar-refractivity contribution in [3.63, 3.8) is 0 Å². The molecule has 0 N–H and O–H groups in total. The van der Waals surface area contributed by atoms with Crippen LogP contribution < -0.4 is 4.74 Å². The zero-order valence-electron chi connectivity index (χ0n) is 14.1. The van der Waals surface area contributed by atoms with Gasteiger partial charge in [-0.2, -0.15) is 0 Å². The number of nitrogens with zero attached hydrogens (tertiary/aromatic N) is 3. The van der Waals surface area contributed by atoms with Gasteiger partial charge < -0.3 is 9.64 Å². The minimum atomic E-state index is -2.87. The number of hydrogen-bond donors (Lipinski definition) is 0. The average Bonchev–Trinajstić information content (AvgIpc) is 2.82. The van der Waals surface area contributed by atoms with Gasteiger partial charge in [0, 0.05) is 44.4 Å². The number of hydrogen-bond acceptors (Lipinski definition) is 4. The maximum absolute atomic E-state index is 14.4. The summed E-state index contributed by atoms with van der Waals surface area (Å²) in [6.45, 7) is 3.34. The average molecular weight is 339 g/mol. The molecule has 2 saturated heterocycles. The molecular weight excluding hydrogens is 316 g/mol. The Balaban J connectivity index is 1.83. The molecule has 0 aromatic carbocycles. The molecule has 1 unspecified atom stereocenters. The van der Waals surface area contributed by atoms with E-state index in [0.717, 1.165) is 5.56 Å². The first-order valence-corrected chi connectivity index (χ1v) is 8.26. The van der Waals surface area contributed by atoms with Gasteiger partial charge in [-0.15, -0.1) is 0 Å². The third-order valence-electron chi connectivity index (χ3n) is 5.00. The van der Waals surface area contributed by atoms with Crippen molar-refractivity contribution in [2.75, 3.05) is 33.3 Å². The second-order valence-corrected chi connectivity index (χ2v) is 6.76. The van der Waals surface area contributed by atoms with E-state index in [1.807, 2.05) is 13.0 Å². The van der Waals surface area contributed by atoms with Crippen molar-refractivity contribution < 1.29 is 18.3 Å². The number of halogens is 2. The van der Waals surface area contributed by atoms with E-state index in [9.17, 15) is 13.6 Å². The van der Waals surface area contributed by atoms with Crippen molar-refractivity contribution in [3.8, 4) is 5.88 Å². The molecule has 0 saturated carbocycles. The fraction of sp³-hybridized carbons (Fsp3) is 0.647. The highest BCUT2D eigenvalue weighted by Gasteiger charge is 2.56. The number of alkyl halides is 2. The summed E-state index contributed by atoms with van der Waals surface area (Å²) in [4.78, 5) is 20.1. The third kappa shape index (κ3) is 3.09. The first kappa shape index (κ1) is 17.1. The number of amides is 1. The minimum Gasteiger partial charge on any atom is -0.481 e. The van der Waals surface area contributed by atoms with Crippen LogP contribution in [0.4, 0.5) is 8.78 Å². The molecule has 1 aromatic rings. The number of carbonyl (C=O) groups is 1. The number of methoxy groups -OCH3 is 1. The molecule has 7 heteroatoms. The van der Waals surface area contributed by atoms with E-state index in [1.54, 1.807) is 22.1 Å². The molecule has 1 amide bonds. The number of aromatic nitrogens is 1. The smallest absolute Gasteiger partial charge is 0.261 e. The number of rotatable bonds is 4. The Labute approximate surface area is 140 Å². The van der Waals surface area contributed by atoms with Gasteiger partial charge in [0.05, 0.1) is 19.1 Å². The van der Waals surface area contributed by atoms with Crippen LogP contribution in [0.15, 0.2) is 18.3 Å². The first-order valence-electron chi connectivity index (χ1n) is 8.26. The number of ether oxygens (including phenoxy) is 1. The van der Waals surface area contributed by atoms with Gasteiger partial charge in [-0.05, 0) is 19.4 Å². The molecule has 132 valence electrons. The molecule has 0 aliphatic carbocycles. The Kier molecular flexibility index (Phi) is 4.46. The van der Waals surface area contributed by atoms with Crippen molar-refractivity contribution >= 4 is 5.91 Å². The Hall–Kier alpha value is -1.76. The molecule has 2 aliphatic rings. The van der Waals surface area contributed by atoms with E-state index in [4.69, 9.17) is 4.74 Å². The van der Waals surface area contributed by atoms with Crippen molar-refractivity contribution in [3.05, 3.63) is 23.9 Å². The summed E-state index contributed by atoms with van der Waals surface area (Å²) < 4.78 is 34.0. The van der Waals surface area contributed by atoms with Crippen molar-refractivity contribution in [1.29, 1.82) is 0 Å². The zero-order valence-corrected chi connectivity index (χ0v) is 14.1. The summed E-state index contributed by atoms with van der Waals surface area (Å²) >= 11 is 0. The predicted octanol–water partition coefficient (Wildman–Crippen LogP) is 2.17. The van der Waals surface area contributed by atoms with Crippen molar-refractivity contribution in [2.45, 2.75) is 32.2 Å². The lowest BCUT2D eigenvalue weighted by molar-refractivity contribution is -0.155. The van der Waals surface area contributed by atoms with Gasteiger partial charge in [-0.25, -0.2) is 13.8 Å². The summed E-state index contributed by atoms with van der Waals surface area (Å²) in [6, 6.07) is 3.58. The van der Waals surface area contributed by atoms with Crippen LogP contribution in [0.1, 0.15) is 25.3 Å². The highest BCUT2D eigenvalue weighted by Crippen LogP contribution is 2.46. The largest absolute Gasteiger partial charge is 0.481 e. The Morgan fingerprint density at radius 2 is 2.17 bits per heavy atom. The maximum atomic E-state index is 14.4. The Bertz CT molecular complexity index is 626. The molecule has 1 atom stereocenters. The molecular formula is C17H23F2N3O2. The highest BCUT2D eigenvalue weighted by molar-refractivity contribution is 5.85. The van der Waals surface area contributed by atoms with Gasteiger partial charge >= 0.3 is 0 Å². The summed E-state index contributed by atoms with van der Waals surface area (Å²) in [7, 11) is 1.51. The molecule has 3 heterocycles. The second-order valence-electron chi connectivity index (χ2n) is 6.76. The minimum absolute atomic E-state index is 0.132. The lowest BCUT2D eigenvalue weighted by Crippen LogP contribution is -2.55. The molecule has 3 rings (SSSR count). The lowest BCUT2D eigenvalue weighted by atomic mass is 9.77. The maximum Gasteiger partial charge on any atom is 0.261 e. The molecule has 0 radical (unpaired) electrons. The van der Waals surface area contributed by atoms with Crippen LogP contribution in [0.3, 0.4) is 0 Å². The fourth-order valence-electron chi connectivity index (χ4n) is 4.00. The van der Waals surface area contributed by atoms with Crippen molar-refractivity contribution in [1.82, 2.24) is 14.8 Å². The molecule has 1 spiro atoms. The van der Waals surface area contributed by atoms with E-state index in [0.29, 0.717) is 38.5 Å². The Morgan fingerprint density at radius 1 is 1.38 bits per heavy atom. The number of likely N-dealkylation sites (tertiary alicyclic amines) is 2. The van der Waals surface area contributed by atoms with E-state index in [2.05, 4.69) is 4.98 Å². The zero-order chi connectivity index (χ0) is 17.4. The SMILES string of the molecule is CCN1CCC2(CN(Cc3cccnc3OC)CC(F)(F)C2)C1=O. The molecule has 5 nitrogen and oxygen atoms in total. The third-order valence-corrected chi connectivity index (χ3v) is 5.00. The van der Waals surface area contributed by atoms with Gasteiger partial charge in [-0.3, -0.25) is 9.69 Å². The van der Waals surface area contributed by atoms with Crippen LogP contribution in [-0.4, -0.2) is 59.9 Å². The molecule has 1 aromatic heterocycles. The second kappa shape index (κ2) is 6.27. The van der Waals surface area contributed by atoms with Gasteiger partial charge in [0.1, 0.15) is 0 Å². The highest BCUT2D eigenvalue weighted by atomic mass is 19.3. The quantitative estimate of drug-likeness (QED) is 0.843. The standard InChI is InChI=1S/C17H23F2N3O2/c1-3-22-8-6-16(15(22)23)10-17(18,19)12-21(11-16)9-13-5-4-7-20-14(13)24-2/h4-5,7H,3,6,8-12H2,1-2H3. The van der Waals surface area contributed by atoms with Crippen LogP contribution >= 0.6 is 0 Å². The number of carbonyl (C=O) groups excluding carboxylic acids is 1. The van der Waals surface area contributed by atoms with Gasteiger partial charge in [0.25, 0.3) is 5.92 Å². The number of piperidine rings is 1. The first-order chi connectivity index (χ1) is 11.4. The molecule has 2 aliphatic heterocycles. The summed E-state index contributed by atoms with van der Waals surface area (Å²) in [5.41, 5.74) is -0.210. The summed E-state index contributed by atoms with van der Waals surface area (Å²) in [6.07, 6.45) is 1.75. The summed E-state index contributed by atoms with van der Waals surface area (Å²) in [5.74, 6) is -2.56. The van der Waals surface area contributed by atoms with Crippen LogP contribution in [0, 0.1) is 5.41 Å². The van der Waals surface area contributed by atoms with E-state index in [1.165, 1.54) is 7.11 Å². The topological polar surface area (TPSA) is 45.7 Å². The van der Waals surface area contributed by atoms with E-state index in [-0.39, 0.29) is 18.9 Å². The molecule has 24 heavy (non-hydrogen) atoms. The van der Waals surface area contributed by atoms with Gasteiger partial charge in [0.2, 0.25) is 11.8 Å².